The van der Waals surface area contributed by atoms with E-state index in [1.54, 1.807) is 24.3 Å². The van der Waals surface area contributed by atoms with E-state index in [9.17, 15) is 14.3 Å². The van der Waals surface area contributed by atoms with Crippen molar-refractivity contribution >= 4 is 45.7 Å². The van der Waals surface area contributed by atoms with Crippen molar-refractivity contribution in [3.05, 3.63) is 46.7 Å². The molecule has 3 rings (SSSR count). The van der Waals surface area contributed by atoms with E-state index in [1.165, 1.54) is 6.07 Å². The van der Waals surface area contributed by atoms with E-state index in [0.29, 0.717) is 10.7 Å². The molecule has 22 heavy (non-hydrogen) atoms. The fourth-order valence-corrected chi connectivity index (χ4v) is 2.23. The Morgan fingerprint density at radius 1 is 1.41 bits per heavy atom. The fourth-order valence-electron chi connectivity index (χ4n) is 2.04. The minimum absolute atomic E-state index is 0.0827. The van der Waals surface area contributed by atoms with Gasteiger partial charge in [0.05, 0.1) is 27.3 Å². The van der Waals surface area contributed by atoms with Crippen LogP contribution in [0.2, 0.25) is 5.02 Å². The van der Waals surface area contributed by atoms with Gasteiger partial charge in [-0.2, -0.15) is 0 Å². The summed E-state index contributed by atoms with van der Waals surface area (Å²) in [4.78, 5) is 11.4. The number of nitrogen functional groups attached to an aromatic ring is 1. The number of fused-ring (bicyclic) bond motifs is 1. The number of nitrogens with one attached hydrogen (secondary N) is 1. The van der Waals surface area contributed by atoms with Gasteiger partial charge in [0.15, 0.2) is 11.6 Å². The Bertz CT molecular complexity index is 894. The molecule has 1 heterocycles. The van der Waals surface area contributed by atoms with Crippen molar-refractivity contribution in [2.75, 3.05) is 11.1 Å². The number of nitrogens with zero attached hydrogens (tertiary/aromatic N) is 1. The van der Waals surface area contributed by atoms with Gasteiger partial charge in [0.2, 0.25) is 5.58 Å². The van der Waals surface area contributed by atoms with E-state index in [-0.39, 0.29) is 28.0 Å². The molecule has 0 fully saturated rings. The number of carboxylic acids is 1. The number of rotatable bonds is 3. The van der Waals surface area contributed by atoms with Crippen LogP contribution in [0.5, 0.6) is 0 Å². The third-order valence-electron chi connectivity index (χ3n) is 3.10. The van der Waals surface area contributed by atoms with E-state index < -0.39 is 11.8 Å². The van der Waals surface area contributed by atoms with Gasteiger partial charge in [-0.25, -0.2) is 9.18 Å². The molecule has 0 radical (unpaired) electrons. The van der Waals surface area contributed by atoms with Crippen molar-refractivity contribution in [1.29, 1.82) is 0 Å². The van der Waals surface area contributed by atoms with Crippen molar-refractivity contribution in [2.45, 2.75) is 0 Å². The lowest BCUT2D eigenvalue weighted by atomic mass is 10.1. The van der Waals surface area contributed by atoms with Crippen molar-refractivity contribution in [3.63, 3.8) is 0 Å². The summed E-state index contributed by atoms with van der Waals surface area (Å²) in [5, 5.41) is 15.8. The van der Waals surface area contributed by atoms with Gasteiger partial charge in [-0.3, -0.25) is 0 Å². The van der Waals surface area contributed by atoms with Crippen LogP contribution in [0.1, 0.15) is 10.4 Å². The Hall–Kier alpha value is -2.80. The summed E-state index contributed by atoms with van der Waals surface area (Å²) in [6.45, 7) is 0. The lowest BCUT2D eigenvalue weighted by molar-refractivity contribution is 0.0697. The molecule has 0 aliphatic carbocycles. The number of carboxylic acid groups (broad SMARTS) is 1. The van der Waals surface area contributed by atoms with Gasteiger partial charge >= 0.3 is 5.97 Å². The molecule has 0 amide bonds. The highest BCUT2D eigenvalue weighted by atomic mass is 35.5. The van der Waals surface area contributed by atoms with E-state index in [2.05, 4.69) is 10.5 Å². The standard InChI is InChI=1S/C14H9ClFN3O3/c15-8-3-1-2-4-9(8)18-11-6(14(20)21)5-7-12(10(11)16)22-19-13(7)17/h1-5,18H,(H2,17,19)(H,20,21). The average molecular weight is 322 g/mol. The average Bonchev–Trinajstić information content (AvgIpc) is 2.85. The first-order valence-corrected chi connectivity index (χ1v) is 6.49. The van der Waals surface area contributed by atoms with Crippen LogP contribution in [0.3, 0.4) is 0 Å². The maximum absolute atomic E-state index is 14.6. The highest BCUT2D eigenvalue weighted by molar-refractivity contribution is 6.33. The predicted octanol–water partition coefficient (Wildman–Crippen LogP) is 3.64. The number of nitrogens with two attached hydrogens (primary N) is 1. The molecule has 0 atom stereocenters. The molecule has 112 valence electrons. The largest absolute Gasteiger partial charge is 0.478 e. The summed E-state index contributed by atoms with van der Waals surface area (Å²) >= 11 is 5.99. The van der Waals surface area contributed by atoms with Crippen molar-refractivity contribution in [2.24, 2.45) is 0 Å². The number of carbonyl (C=O) groups is 1. The Morgan fingerprint density at radius 2 is 2.14 bits per heavy atom. The van der Waals surface area contributed by atoms with Crippen LogP contribution < -0.4 is 11.1 Å². The molecule has 0 unspecified atom stereocenters. The Labute approximate surface area is 128 Å². The van der Waals surface area contributed by atoms with Gasteiger partial charge in [0, 0.05) is 0 Å². The topological polar surface area (TPSA) is 101 Å². The van der Waals surface area contributed by atoms with E-state index >= 15 is 0 Å². The van der Waals surface area contributed by atoms with Gasteiger partial charge < -0.3 is 20.7 Å². The van der Waals surface area contributed by atoms with Crippen molar-refractivity contribution in [1.82, 2.24) is 5.16 Å². The Morgan fingerprint density at radius 3 is 2.82 bits per heavy atom. The zero-order chi connectivity index (χ0) is 15.9. The van der Waals surface area contributed by atoms with Crippen LogP contribution >= 0.6 is 11.6 Å². The maximum atomic E-state index is 14.6. The third-order valence-corrected chi connectivity index (χ3v) is 3.43. The molecule has 0 aliphatic rings. The summed E-state index contributed by atoms with van der Waals surface area (Å²) in [5.74, 6) is -2.31. The number of benzene rings is 2. The second kappa shape index (κ2) is 5.19. The molecule has 1 aromatic heterocycles. The van der Waals surface area contributed by atoms with E-state index in [0.717, 1.165) is 0 Å². The molecule has 4 N–H and O–H groups in total. The smallest absolute Gasteiger partial charge is 0.337 e. The normalized spacial score (nSPS) is 10.8. The summed E-state index contributed by atoms with van der Waals surface area (Å²) in [6, 6.07) is 7.76. The molecule has 0 spiro atoms. The second-order valence-corrected chi connectivity index (χ2v) is 4.87. The van der Waals surface area contributed by atoms with Crippen LogP contribution in [-0.2, 0) is 0 Å². The van der Waals surface area contributed by atoms with Crippen LogP contribution in [0.4, 0.5) is 21.6 Å². The van der Waals surface area contributed by atoms with Gasteiger partial charge in [0.1, 0.15) is 0 Å². The number of anilines is 3. The fraction of sp³-hybridized carbons (Fsp3) is 0. The quantitative estimate of drug-likeness (QED) is 0.680. The zero-order valence-electron chi connectivity index (χ0n) is 10.9. The van der Waals surface area contributed by atoms with Gasteiger partial charge in [-0.15, -0.1) is 0 Å². The Balaban J connectivity index is 2.23. The predicted molar refractivity (Wildman–Crippen MR) is 80.1 cm³/mol. The number of hydrogen-bond donors (Lipinski definition) is 3. The monoisotopic (exact) mass is 321 g/mol. The molecular formula is C14H9ClFN3O3. The first-order chi connectivity index (χ1) is 10.5. The molecule has 2 aromatic carbocycles. The molecule has 6 nitrogen and oxygen atoms in total. The van der Waals surface area contributed by atoms with Crippen molar-refractivity contribution in [3.8, 4) is 0 Å². The van der Waals surface area contributed by atoms with Crippen LogP contribution in [0.15, 0.2) is 34.9 Å². The summed E-state index contributed by atoms with van der Waals surface area (Å²) in [7, 11) is 0. The molecular weight excluding hydrogens is 313 g/mol. The molecule has 0 bridgehead atoms. The minimum Gasteiger partial charge on any atom is -0.478 e. The van der Waals surface area contributed by atoms with Gasteiger partial charge in [-0.1, -0.05) is 28.9 Å². The summed E-state index contributed by atoms with van der Waals surface area (Å²) in [6.07, 6.45) is 0. The van der Waals surface area contributed by atoms with E-state index in [1.807, 2.05) is 0 Å². The highest BCUT2D eigenvalue weighted by Gasteiger charge is 2.23. The zero-order valence-corrected chi connectivity index (χ0v) is 11.7. The number of hydrogen-bond acceptors (Lipinski definition) is 5. The molecule has 0 aliphatic heterocycles. The third kappa shape index (κ3) is 2.21. The Kier molecular flexibility index (Phi) is 3.34. The summed E-state index contributed by atoms with van der Waals surface area (Å²) in [5.41, 5.74) is 5.09. The lowest BCUT2D eigenvalue weighted by Crippen LogP contribution is -2.06. The van der Waals surface area contributed by atoms with Gasteiger partial charge in [0.25, 0.3) is 0 Å². The SMILES string of the molecule is Nc1noc2c(F)c(Nc3ccccc3Cl)c(C(=O)O)cc12. The lowest BCUT2D eigenvalue weighted by Gasteiger charge is -2.12. The first kappa shape index (κ1) is 14.2. The number of para-hydroxylation sites is 1. The highest BCUT2D eigenvalue weighted by Crippen LogP contribution is 2.35. The van der Waals surface area contributed by atoms with E-state index in [4.69, 9.17) is 21.9 Å². The second-order valence-electron chi connectivity index (χ2n) is 4.47. The number of aromatic nitrogens is 1. The van der Waals surface area contributed by atoms with Crippen LogP contribution in [-0.4, -0.2) is 16.2 Å². The number of aromatic carboxylic acids is 1. The van der Waals surface area contributed by atoms with Crippen molar-refractivity contribution < 1.29 is 18.8 Å². The first-order valence-electron chi connectivity index (χ1n) is 6.11. The van der Waals surface area contributed by atoms with Crippen LogP contribution in [0, 0.1) is 5.82 Å². The summed E-state index contributed by atoms with van der Waals surface area (Å²) < 4.78 is 19.4. The molecule has 0 saturated carbocycles. The van der Waals surface area contributed by atoms with Gasteiger partial charge in [-0.05, 0) is 18.2 Å². The maximum Gasteiger partial charge on any atom is 0.337 e. The van der Waals surface area contributed by atoms with Crippen LogP contribution in [0.25, 0.3) is 11.0 Å². The molecule has 0 saturated heterocycles. The molecule has 8 heteroatoms. The number of halogens is 2. The minimum atomic E-state index is -1.32. The molecule has 3 aromatic rings.